The van der Waals surface area contributed by atoms with E-state index in [1.807, 2.05) is 25.3 Å². The van der Waals surface area contributed by atoms with Gasteiger partial charge in [0.1, 0.15) is 5.65 Å². The first kappa shape index (κ1) is 20.3. The van der Waals surface area contributed by atoms with Crippen molar-refractivity contribution in [3.05, 3.63) is 58.9 Å². The summed E-state index contributed by atoms with van der Waals surface area (Å²) in [6, 6.07) is 7.10. The van der Waals surface area contributed by atoms with Gasteiger partial charge in [-0.2, -0.15) is 0 Å². The van der Waals surface area contributed by atoms with Crippen LogP contribution in [0.3, 0.4) is 0 Å². The Kier molecular flexibility index (Phi) is 5.48. The number of amides is 4. The standard InChI is InChI=1S/C17H14N4O2.C5H7NO2/c1-9-6-18-15-14(9)5-11(8-19-15)16(22)21-12-2-3-13-10(4-12)7-20-17(13)23;7-4-2-1-3-5(8)6-4/h2-6,8H,7H2,1H3,(H,18,19)(H,20,23)(H,21,22);1-3H2,(H,6,7,8). The molecular weight excluding hydrogens is 398 g/mol. The van der Waals surface area contributed by atoms with Crippen molar-refractivity contribution >= 4 is 40.3 Å². The SMILES string of the molecule is Cc1c[nH]c2ncc(C(=O)Nc3ccc4c(c3)CNC4=O)cc12.O=C1CCCC(=O)N1. The van der Waals surface area contributed by atoms with Gasteiger partial charge < -0.3 is 15.6 Å². The molecule has 158 valence electrons. The van der Waals surface area contributed by atoms with Gasteiger partial charge in [0.2, 0.25) is 11.8 Å². The van der Waals surface area contributed by atoms with Crippen molar-refractivity contribution in [1.29, 1.82) is 0 Å². The number of aryl methyl sites for hydroxylation is 1. The first-order valence-electron chi connectivity index (χ1n) is 9.89. The molecule has 0 radical (unpaired) electrons. The van der Waals surface area contributed by atoms with Crippen LogP contribution >= 0.6 is 0 Å². The van der Waals surface area contributed by atoms with Crippen molar-refractivity contribution in [2.45, 2.75) is 32.7 Å². The molecule has 4 heterocycles. The molecule has 0 aliphatic carbocycles. The van der Waals surface area contributed by atoms with E-state index in [1.54, 1.807) is 18.3 Å². The molecule has 0 spiro atoms. The molecule has 2 aliphatic rings. The van der Waals surface area contributed by atoms with Gasteiger partial charge in [0, 0.05) is 48.4 Å². The fourth-order valence-corrected chi connectivity index (χ4v) is 3.46. The summed E-state index contributed by atoms with van der Waals surface area (Å²) in [5.41, 5.74) is 4.52. The first-order valence-corrected chi connectivity index (χ1v) is 9.89. The molecule has 9 heteroatoms. The summed E-state index contributed by atoms with van der Waals surface area (Å²) in [6.45, 7) is 2.46. The van der Waals surface area contributed by atoms with E-state index >= 15 is 0 Å². The van der Waals surface area contributed by atoms with Gasteiger partial charge in [0.25, 0.3) is 11.8 Å². The molecule has 0 unspecified atom stereocenters. The highest BCUT2D eigenvalue weighted by atomic mass is 16.2. The van der Waals surface area contributed by atoms with Crippen LogP contribution < -0.4 is 16.0 Å². The molecule has 9 nitrogen and oxygen atoms in total. The summed E-state index contributed by atoms with van der Waals surface area (Å²) in [5, 5.41) is 8.74. The highest BCUT2D eigenvalue weighted by Crippen LogP contribution is 2.21. The lowest BCUT2D eigenvalue weighted by atomic mass is 10.1. The Morgan fingerprint density at radius 3 is 2.58 bits per heavy atom. The number of fused-ring (bicyclic) bond motifs is 2. The van der Waals surface area contributed by atoms with E-state index in [0.29, 0.717) is 42.6 Å². The fourth-order valence-electron chi connectivity index (χ4n) is 3.46. The van der Waals surface area contributed by atoms with Crippen LogP contribution in [0, 0.1) is 6.92 Å². The average molecular weight is 419 g/mol. The lowest BCUT2D eigenvalue weighted by Crippen LogP contribution is -2.33. The number of nitrogens with one attached hydrogen (secondary N) is 4. The van der Waals surface area contributed by atoms with Crippen molar-refractivity contribution in [3.8, 4) is 0 Å². The third-order valence-corrected chi connectivity index (χ3v) is 5.13. The van der Waals surface area contributed by atoms with Crippen LogP contribution in [-0.4, -0.2) is 33.6 Å². The molecule has 4 N–H and O–H groups in total. The Bertz CT molecular complexity index is 1200. The normalized spacial score (nSPS) is 14.9. The van der Waals surface area contributed by atoms with E-state index in [9.17, 15) is 19.2 Å². The average Bonchev–Trinajstić information content (AvgIpc) is 3.30. The Morgan fingerprint density at radius 1 is 1.10 bits per heavy atom. The highest BCUT2D eigenvalue weighted by molar-refractivity contribution is 6.06. The Labute approximate surface area is 177 Å². The molecule has 31 heavy (non-hydrogen) atoms. The van der Waals surface area contributed by atoms with Crippen LogP contribution in [-0.2, 0) is 16.1 Å². The summed E-state index contributed by atoms with van der Waals surface area (Å²) in [4.78, 5) is 52.0. The van der Waals surface area contributed by atoms with Gasteiger partial charge in [-0.1, -0.05) is 0 Å². The van der Waals surface area contributed by atoms with Crippen molar-refractivity contribution in [1.82, 2.24) is 20.6 Å². The number of carbonyl (C=O) groups is 4. The number of piperidine rings is 1. The summed E-state index contributed by atoms with van der Waals surface area (Å²) in [5.74, 6) is -0.574. The van der Waals surface area contributed by atoms with Crippen LogP contribution in [0.1, 0.15) is 51.1 Å². The number of anilines is 1. The molecule has 0 atom stereocenters. The van der Waals surface area contributed by atoms with Crippen molar-refractivity contribution in [3.63, 3.8) is 0 Å². The summed E-state index contributed by atoms with van der Waals surface area (Å²) in [6.07, 6.45) is 5.14. The van der Waals surface area contributed by atoms with Gasteiger partial charge in [-0.25, -0.2) is 4.98 Å². The van der Waals surface area contributed by atoms with Crippen LogP contribution in [0.2, 0.25) is 0 Å². The largest absolute Gasteiger partial charge is 0.348 e. The van der Waals surface area contributed by atoms with Gasteiger partial charge in [0.05, 0.1) is 5.56 Å². The van der Waals surface area contributed by atoms with Gasteiger partial charge in [-0.3, -0.25) is 24.5 Å². The number of benzene rings is 1. The fraction of sp³-hybridized carbons (Fsp3) is 0.227. The zero-order chi connectivity index (χ0) is 22.0. The number of aromatic amines is 1. The molecule has 5 rings (SSSR count). The van der Waals surface area contributed by atoms with Gasteiger partial charge in [-0.15, -0.1) is 0 Å². The number of pyridine rings is 1. The molecule has 1 fully saturated rings. The lowest BCUT2D eigenvalue weighted by molar-refractivity contribution is -0.132. The van der Waals surface area contributed by atoms with Crippen LogP contribution in [0.15, 0.2) is 36.7 Å². The molecule has 2 aromatic heterocycles. The van der Waals surface area contributed by atoms with Crippen LogP contribution in [0.25, 0.3) is 11.0 Å². The molecule has 3 aromatic rings. The number of hydrogen-bond donors (Lipinski definition) is 4. The Balaban J connectivity index is 0.000000245. The minimum Gasteiger partial charge on any atom is -0.348 e. The summed E-state index contributed by atoms with van der Waals surface area (Å²) >= 11 is 0. The molecular formula is C22H21N5O4. The molecule has 0 saturated carbocycles. The van der Waals surface area contributed by atoms with E-state index in [1.165, 1.54) is 0 Å². The second-order valence-electron chi connectivity index (χ2n) is 7.43. The smallest absolute Gasteiger partial charge is 0.257 e. The molecule has 1 aromatic carbocycles. The van der Waals surface area contributed by atoms with E-state index < -0.39 is 0 Å². The van der Waals surface area contributed by atoms with Gasteiger partial charge in [0.15, 0.2) is 0 Å². The Morgan fingerprint density at radius 2 is 1.87 bits per heavy atom. The van der Waals surface area contributed by atoms with E-state index in [2.05, 4.69) is 25.9 Å². The van der Waals surface area contributed by atoms with Crippen molar-refractivity contribution in [2.24, 2.45) is 0 Å². The number of nitrogens with zero attached hydrogens (tertiary/aromatic N) is 1. The molecule has 2 aliphatic heterocycles. The third-order valence-electron chi connectivity index (χ3n) is 5.13. The van der Waals surface area contributed by atoms with Gasteiger partial charge >= 0.3 is 0 Å². The maximum atomic E-state index is 12.4. The number of imide groups is 1. The number of H-pyrrole nitrogens is 1. The maximum absolute atomic E-state index is 12.4. The summed E-state index contributed by atoms with van der Waals surface area (Å²) < 4.78 is 0. The summed E-state index contributed by atoms with van der Waals surface area (Å²) in [7, 11) is 0. The van der Waals surface area contributed by atoms with Crippen molar-refractivity contribution < 1.29 is 19.2 Å². The molecule has 0 bridgehead atoms. The minimum absolute atomic E-state index is 0.0736. The van der Waals surface area contributed by atoms with Crippen molar-refractivity contribution in [2.75, 3.05) is 5.32 Å². The Hall–Kier alpha value is -4.01. The first-order chi connectivity index (χ1) is 14.9. The van der Waals surface area contributed by atoms with Crippen LogP contribution in [0.5, 0.6) is 0 Å². The molecule has 4 amide bonds. The number of aromatic nitrogens is 2. The quantitative estimate of drug-likeness (QED) is 0.473. The predicted molar refractivity (Wildman–Crippen MR) is 113 cm³/mol. The third kappa shape index (κ3) is 4.45. The van der Waals surface area contributed by atoms with E-state index in [0.717, 1.165) is 22.2 Å². The zero-order valence-electron chi connectivity index (χ0n) is 16.9. The lowest BCUT2D eigenvalue weighted by Gasteiger charge is -2.07. The van der Waals surface area contributed by atoms with Crippen LogP contribution in [0.4, 0.5) is 5.69 Å². The predicted octanol–water partition coefficient (Wildman–Crippen LogP) is 2.18. The van der Waals surface area contributed by atoms with Gasteiger partial charge in [-0.05, 0) is 48.7 Å². The second kappa shape index (κ2) is 8.39. The molecule has 1 saturated heterocycles. The number of carbonyl (C=O) groups excluding carboxylic acids is 4. The minimum atomic E-state index is -0.225. The highest BCUT2D eigenvalue weighted by Gasteiger charge is 2.19. The maximum Gasteiger partial charge on any atom is 0.257 e. The van der Waals surface area contributed by atoms with E-state index in [4.69, 9.17) is 0 Å². The second-order valence-corrected chi connectivity index (χ2v) is 7.43. The van der Waals surface area contributed by atoms with E-state index in [-0.39, 0.29) is 23.6 Å². The number of hydrogen-bond acceptors (Lipinski definition) is 5. The zero-order valence-corrected chi connectivity index (χ0v) is 16.9. The monoisotopic (exact) mass is 419 g/mol. The topological polar surface area (TPSA) is 133 Å². The number of rotatable bonds is 2.